The standard InChI is InChI=1S/C16H24N2O2Si/c1-5-9-16(19)20-15-12-17-13-18-14(15)10-11-21(6-2,7-3)8-4/h12-13H,5-9H2,1-4H3. The Labute approximate surface area is 128 Å². The van der Waals surface area contributed by atoms with Crippen molar-refractivity contribution >= 4 is 14.0 Å². The van der Waals surface area contributed by atoms with Crippen LogP contribution >= 0.6 is 0 Å². The van der Waals surface area contributed by atoms with E-state index in [0.717, 1.165) is 24.6 Å². The normalized spacial score (nSPS) is 10.7. The minimum Gasteiger partial charge on any atom is -0.422 e. The van der Waals surface area contributed by atoms with Crippen LogP contribution in [-0.2, 0) is 4.79 Å². The predicted molar refractivity (Wildman–Crippen MR) is 86.7 cm³/mol. The summed E-state index contributed by atoms with van der Waals surface area (Å²) in [7, 11) is -1.54. The topological polar surface area (TPSA) is 52.1 Å². The molecular formula is C16H24N2O2Si. The molecule has 0 fully saturated rings. The first-order chi connectivity index (χ1) is 10.1. The van der Waals surface area contributed by atoms with Crippen LogP contribution in [0.1, 0.15) is 46.2 Å². The molecule has 0 N–H and O–H groups in total. The van der Waals surface area contributed by atoms with Crippen molar-refractivity contribution in [3.63, 3.8) is 0 Å². The van der Waals surface area contributed by atoms with E-state index in [4.69, 9.17) is 4.74 Å². The number of carbonyl (C=O) groups is 1. The second-order valence-electron chi connectivity index (χ2n) is 5.05. The van der Waals surface area contributed by atoms with E-state index in [1.165, 1.54) is 12.5 Å². The van der Waals surface area contributed by atoms with Crippen LogP contribution in [0.3, 0.4) is 0 Å². The van der Waals surface area contributed by atoms with E-state index in [9.17, 15) is 4.79 Å². The summed E-state index contributed by atoms with van der Waals surface area (Å²) in [5.74, 6) is 3.24. The van der Waals surface area contributed by atoms with Crippen molar-refractivity contribution in [3.05, 3.63) is 18.2 Å². The Kier molecular flexibility index (Phi) is 7.10. The zero-order valence-electron chi connectivity index (χ0n) is 13.4. The van der Waals surface area contributed by atoms with Crippen LogP contribution in [-0.4, -0.2) is 24.0 Å². The van der Waals surface area contributed by atoms with Gasteiger partial charge in [-0.15, -0.1) is 5.54 Å². The lowest BCUT2D eigenvalue weighted by Gasteiger charge is -2.19. The number of ether oxygens (including phenoxy) is 1. The summed E-state index contributed by atoms with van der Waals surface area (Å²) < 4.78 is 5.30. The van der Waals surface area contributed by atoms with Crippen molar-refractivity contribution in [1.29, 1.82) is 0 Å². The molecule has 0 aliphatic carbocycles. The third-order valence-electron chi connectivity index (χ3n) is 3.83. The Hall–Kier alpha value is -1.67. The number of hydrogen-bond donors (Lipinski definition) is 0. The fraction of sp³-hybridized carbons (Fsp3) is 0.562. The fourth-order valence-corrected chi connectivity index (χ4v) is 4.48. The van der Waals surface area contributed by atoms with Crippen LogP contribution in [0, 0.1) is 11.5 Å². The van der Waals surface area contributed by atoms with Gasteiger partial charge in [-0.1, -0.05) is 27.7 Å². The first-order valence-electron chi connectivity index (χ1n) is 7.64. The van der Waals surface area contributed by atoms with Gasteiger partial charge in [0.25, 0.3) is 0 Å². The second-order valence-corrected chi connectivity index (χ2v) is 9.98. The van der Waals surface area contributed by atoms with Crippen molar-refractivity contribution in [1.82, 2.24) is 9.97 Å². The summed E-state index contributed by atoms with van der Waals surface area (Å²) in [6, 6.07) is 3.38. The molecule has 0 aliphatic heterocycles. The summed E-state index contributed by atoms with van der Waals surface area (Å²) in [5, 5.41) is 0. The molecule has 0 aliphatic rings. The van der Waals surface area contributed by atoms with E-state index in [2.05, 4.69) is 42.2 Å². The van der Waals surface area contributed by atoms with Gasteiger partial charge in [0.1, 0.15) is 14.4 Å². The molecule has 5 heteroatoms. The average molecular weight is 304 g/mol. The molecule has 1 aromatic heterocycles. The summed E-state index contributed by atoms with van der Waals surface area (Å²) in [6.45, 7) is 8.55. The number of hydrogen-bond acceptors (Lipinski definition) is 4. The van der Waals surface area contributed by atoms with Crippen LogP contribution < -0.4 is 4.74 Å². The second kappa shape index (κ2) is 8.58. The molecule has 0 aromatic carbocycles. The quantitative estimate of drug-likeness (QED) is 0.458. The van der Waals surface area contributed by atoms with Crippen LogP contribution in [0.25, 0.3) is 0 Å². The highest BCUT2D eigenvalue weighted by atomic mass is 28.3. The Morgan fingerprint density at radius 2 is 1.90 bits per heavy atom. The summed E-state index contributed by atoms with van der Waals surface area (Å²) >= 11 is 0. The minimum atomic E-state index is -1.54. The van der Waals surface area contributed by atoms with Crippen LogP contribution in [0.2, 0.25) is 18.1 Å². The fourth-order valence-electron chi connectivity index (χ4n) is 2.07. The maximum Gasteiger partial charge on any atom is 0.311 e. The van der Waals surface area contributed by atoms with Gasteiger partial charge in [0.2, 0.25) is 0 Å². The van der Waals surface area contributed by atoms with E-state index in [1.807, 2.05) is 6.92 Å². The molecule has 0 atom stereocenters. The summed E-state index contributed by atoms with van der Waals surface area (Å²) in [4.78, 5) is 19.7. The number of rotatable bonds is 6. The maximum absolute atomic E-state index is 11.6. The van der Waals surface area contributed by atoms with E-state index in [0.29, 0.717) is 17.9 Å². The van der Waals surface area contributed by atoms with E-state index in [1.54, 1.807) is 0 Å². The zero-order valence-corrected chi connectivity index (χ0v) is 14.4. The highest BCUT2D eigenvalue weighted by molar-refractivity contribution is 6.87. The molecule has 1 rings (SSSR count). The van der Waals surface area contributed by atoms with Gasteiger partial charge in [-0.3, -0.25) is 4.79 Å². The van der Waals surface area contributed by atoms with Crippen molar-refractivity contribution in [2.75, 3.05) is 0 Å². The zero-order chi connectivity index (χ0) is 15.7. The summed E-state index contributed by atoms with van der Waals surface area (Å²) in [6.07, 6.45) is 4.09. The van der Waals surface area contributed by atoms with Crippen molar-refractivity contribution < 1.29 is 9.53 Å². The van der Waals surface area contributed by atoms with Gasteiger partial charge in [-0.2, -0.15) is 0 Å². The van der Waals surface area contributed by atoms with Crippen molar-refractivity contribution in [3.8, 4) is 17.2 Å². The maximum atomic E-state index is 11.6. The lowest BCUT2D eigenvalue weighted by Crippen LogP contribution is -2.29. The van der Waals surface area contributed by atoms with Gasteiger partial charge in [-0.05, 0) is 30.5 Å². The van der Waals surface area contributed by atoms with Crippen molar-refractivity contribution in [2.24, 2.45) is 0 Å². The third kappa shape index (κ3) is 4.98. The monoisotopic (exact) mass is 304 g/mol. The molecule has 1 aromatic rings. The number of aromatic nitrogens is 2. The Bertz CT molecular complexity index is 522. The molecule has 0 amide bonds. The smallest absolute Gasteiger partial charge is 0.311 e. The first-order valence-corrected chi connectivity index (χ1v) is 10.3. The molecule has 0 bridgehead atoms. The van der Waals surface area contributed by atoms with Gasteiger partial charge in [0.05, 0.1) is 6.20 Å². The summed E-state index contributed by atoms with van der Waals surface area (Å²) in [5.41, 5.74) is 3.97. The molecule has 0 unspecified atom stereocenters. The van der Waals surface area contributed by atoms with Crippen molar-refractivity contribution in [2.45, 2.75) is 58.7 Å². The number of esters is 1. The van der Waals surface area contributed by atoms with Gasteiger partial charge >= 0.3 is 5.97 Å². The molecule has 1 heterocycles. The Balaban J connectivity index is 3.02. The van der Waals surface area contributed by atoms with Crippen LogP contribution in [0.4, 0.5) is 0 Å². The van der Waals surface area contributed by atoms with E-state index < -0.39 is 8.07 Å². The molecule has 21 heavy (non-hydrogen) atoms. The van der Waals surface area contributed by atoms with E-state index in [-0.39, 0.29) is 5.97 Å². The Morgan fingerprint density at radius 3 is 2.48 bits per heavy atom. The first kappa shape index (κ1) is 17.4. The minimum absolute atomic E-state index is 0.264. The van der Waals surface area contributed by atoms with Crippen LogP contribution in [0.15, 0.2) is 12.5 Å². The average Bonchev–Trinajstić information content (AvgIpc) is 2.51. The SMILES string of the molecule is CCCC(=O)Oc1cncnc1C#C[Si](CC)(CC)CC. The van der Waals surface area contributed by atoms with Gasteiger partial charge in [-0.25, -0.2) is 9.97 Å². The number of nitrogens with zero attached hydrogens (tertiary/aromatic N) is 2. The molecule has 0 saturated heterocycles. The molecule has 0 spiro atoms. The lowest BCUT2D eigenvalue weighted by molar-refractivity contribution is -0.134. The largest absolute Gasteiger partial charge is 0.422 e. The highest BCUT2D eigenvalue weighted by Crippen LogP contribution is 2.20. The van der Waals surface area contributed by atoms with Crippen LogP contribution in [0.5, 0.6) is 5.75 Å². The highest BCUT2D eigenvalue weighted by Gasteiger charge is 2.24. The number of carbonyl (C=O) groups excluding carboxylic acids is 1. The predicted octanol–water partition coefficient (Wildman–Crippen LogP) is 3.58. The van der Waals surface area contributed by atoms with Gasteiger partial charge in [0, 0.05) is 6.42 Å². The molecule has 0 radical (unpaired) electrons. The van der Waals surface area contributed by atoms with E-state index >= 15 is 0 Å². The third-order valence-corrected chi connectivity index (χ3v) is 8.55. The molecular weight excluding hydrogens is 280 g/mol. The molecule has 0 saturated carbocycles. The Morgan fingerprint density at radius 1 is 1.24 bits per heavy atom. The lowest BCUT2D eigenvalue weighted by atomic mass is 10.3. The van der Waals surface area contributed by atoms with Gasteiger partial charge < -0.3 is 4.74 Å². The molecule has 114 valence electrons. The van der Waals surface area contributed by atoms with Gasteiger partial charge in [0.15, 0.2) is 11.4 Å². The molecule has 4 nitrogen and oxygen atoms in total.